The molecule has 0 bridgehead atoms. The van der Waals surface area contributed by atoms with Gasteiger partial charge in [-0.05, 0) is 48.1 Å². The molecule has 0 unspecified atom stereocenters. The summed E-state index contributed by atoms with van der Waals surface area (Å²) in [5, 5.41) is 10.8. The lowest BCUT2D eigenvalue weighted by Crippen LogP contribution is -2.32. The van der Waals surface area contributed by atoms with E-state index in [0.717, 1.165) is 29.3 Å². The Hall–Kier alpha value is -2.63. The van der Waals surface area contributed by atoms with Crippen molar-refractivity contribution in [1.29, 1.82) is 5.26 Å². The molecule has 1 fully saturated rings. The predicted octanol–water partition coefficient (Wildman–Crippen LogP) is 4.10. The van der Waals surface area contributed by atoms with Gasteiger partial charge in [0.1, 0.15) is 11.8 Å². The minimum atomic E-state index is -3.08. The van der Waals surface area contributed by atoms with Gasteiger partial charge in [0, 0.05) is 18.1 Å². The third kappa shape index (κ3) is 3.48. The molecule has 4 rings (SSSR count). The molecule has 3 aromatic rings. The van der Waals surface area contributed by atoms with Crippen LogP contribution in [-0.4, -0.2) is 26.7 Å². The van der Waals surface area contributed by atoms with Crippen LogP contribution < -0.4 is 9.03 Å². The lowest BCUT2D eigenvalue weighted by molar-refractivity contribution is 0.479. The molecule has 1 atom stereocenters. The number of anilines is 1. The van der Waals surface area contributed by atoms with Gasteiger partial charge in [0.05, 0.1) is 11.7 Å². The lowest BCUT2D eigenvalue weighted by atomic mass is 10.0. The number of aromatic nitrogens is 1. The summed E-state index contributed by atoms with van der Waals surface area (Å²) in [5.41, 5.74) is 2.32. The third-order valence-corrected chi connectivity index (χ3v) is 6.45. The molecule has 6 nitrogen and oxygen atoms in total. The van der Waals surface area contributed by atoms with Crippen LogP contribution in [0.15, 0.2) is 60.8 Å². The van der Waals surface area contributed by atoms with Gasteiger partial charge in [-0.3, -0.25) is 13.4 Å². The summed E-state index contributed by atoms with van der Waals surface area (Å²) in [6, 6.07) is 19.6. The molecule has 0 aliphatic carbocycles. The standard InChI is InChI=1S/C20H20N4O2S/c21-13-20-19-9-8-17(12-16(19)10-11-22-20)24-18(14-23-27(24,25)26)7-6-15-4-2-1-3-5-15/h1-5,8-12,18,23,25-26H,6-7,14H2/t18-/m1/s1. The van der Waals surface area contributed by atoms with Crippen LogP contribution in [0, 0.1) is 11.3 Å². The number of nitriles is 1. The van der Waals surface area contributed by atoms with Crippen LogP contribution in [-0.2, 0) is 6.42 Å². The summed E-state index contributed by atoms with van der Waals surface area (Å²) in [4.78, 5) is 4.08. The van der Waals surface area contributed by atoms with Crippen LogP contribution in [0.5, 0.6) is 0 Å². The molecule has 7 heteroatoms. The molecule has 1 saturated heterocycles. The number of aryl methyl sites for hydroxylation is 1. The number of hydrogen-bond donors (Lipinski definition) is 3. The first-order chi connectivity index (χ1) is 13.1. The SMILES string of the molecule is N#Cc1nccc2cc(N3[C@H](CCc4ccccc4)CNS3(O)O)ccc12. The van der Waals surface area contributed by atoms with Gasteiger partial charge in [-0.2, -0.15) is 9.98 Å². The Morgan fingerprint density at radius 1 is 1.19 bits per heavy atom. The number of nitrogens with one attached hydrogen (secondary N) is 1. The van der Waals surface area contributed by atoms with E-state index in [1.54, 1.807) is 10.5 Å². The van der Waals surface area contributed by atoms with Crippen molar-refractivity contribution in [2.45, 2.75) is 18.9 Å². The number of nitrogens with zero attached hydrogens (tertiary/aromatic N) is 3. The first-order valence-corrected chi connectivity index (χ1v) is 10.2. The second-order valence-corrected chi connectivity index (χ2v) is 8.27. The van der Waals surface area contributed by atoms with E-state index in [2.05, 4.69) is 27.9 Å². The molecule has 27 heavy (non-hydrogen) atoms. The fourth-order valence-electron chi connectivity index (χ4n) is 3.51. The Kier molecular flexibility index (Phi) is 4.72. The van der Waals surface area contributed by atoms with Gasteiger partial charge in [0.2, 0.25) is 0 Å². The Balaban J connectivity index is 1.64. The molecule has 0 radical (unpaired) electrons. The molecule has 1 aromatic heterocycles. The second kappa shape index (κ2) is 7.18. The van der Waals surface area contributed by atoms with Crippen LogP contribution in [0.3, 0.4) is 0 Å². The molecule has 1 aliphatic heterocycles. The van der Waals surface area contributed by atoms with E-state index in [1.165, 1.54) is 5.56 Å². The molecule has 0 amide bonds. The predicted molar refractivity (Wildman–Crippen MR) is 108 cm³/mol. The van der Waals surface area contributed by atoms with Crippen molar-refractivity contribution >= 4 is 27.4 Å². The highest BCUT2D eigenvalue weighted by Crippen LogP contribution is 2.49. The van der Waals surface area contributed by atoms with Gasteiger partial charge in [0.25, 0.3) is 0 Å². The average Bonchev–Trinajstić information content (AvgIpc) is 3.00. The summed E-state index contributed by atoms with van der Waals surface area (Å²) in [6.07, 6.45) is 3.25. The van der Waals surface area contributed by atoms with E-state index in [1.807, 2.05) is 42.5 Å². The van der Waals surface area contributed by atoms with E-state index >= 15 is 0 Å². The van der Waals surface area contributed by atoms with E-state index < -0.39 is 11.0 Å². The molecule has 1 aliphatic rings. The van der Waals surface area contributed by atoms with E-state index in [-0.39, 0.29) is 6.04 Å². The number of hydrogen-bond acceptors (Lipinski definition) is 6. The van der Waals surface area contributed by atoms with Crippen molar-refractivity contribution in [2.75, 3.05) is 10.8 Å². The van der Waals surface area contributed by atoms with E-state index in [9.17, 15) is 14.4 Å². The average molecular weight is 380 g/mol. The number of fused-ring (bicyclic) bond motifs is 1. The Bertz CT molecular complexity index is 1000. The maximum Gasteiger partial charge on any atom is 0.148 e. The molecular weight excluding hydrogens is 360 g/mol. The molecule has 138 valence electrons. The fraction of sp³-hybridized carbons (Fsp3) is 0.200. The van der Waals surface area contributed by atoms with Crippen molar-refractivity contribution < 1.29 is 9.11 Å². The smallest absolute Gasteiger partial charge is 0.148 e. The number of benzene rings is 2. The summed E-state index contributed by atoms with van der Waals surface area (Å²) in [6.45, 7) is 0.507. The monoisotopic (exact) mass is 380 g/mol. The topological polar surface area (TPSA) is 92.4 Å². The summed E-state index contributed by atoms with van der Waals surface area (Å²) in [7, 11) is -3.08. The first-order valence-electron chi connectivity index (χ1n) is 8.73. The molecule has 2 aromatic carbocycles. The third-order valence-electron chi connectivity index (χ3n) is 4.84. The molecule has 0 spiro atoms. The van der Waals surface area contributed by atoms with Gasteiger partial charge in [-0.15, -0.1) is 0 Å². The largest absolute Gasteiger partial charge is 0.269 e. The summed E-state index contributed by atoms with van der Waals surface area (Å²) in [5.74, 6) is 0. The number of rotatable bonds is 4. The van der Waals surface area contributed by atoms with E-state index in [4.69, 9.17) is 0 Å². The Labute approximate surface area is 159 Å². The van der Waals surface area contributed by atoms with Crippen LogP contribution in [0.2, 0.25) is 0 Å². The zero-order valence-corrected chi connectivity index (χ0v) is 15.4. The lowest BCUT2D eigenvalue weighted by Gasteiger charge is -2.40. The zero-order valence-electron chi connectivity index (χ0n) is 14.6. The van der Waals surface area contributed by atoms with Crippen LogP contribution >= 0.6 is 11.0 Å². The van der Waals surface area contributed by atoms with Gasteiger partial charge >= 0.3 is 0 Å². The van der Waals surface area contributed by atoms with Crippen molar-refractivity contribution in [1.82, 2.24) is 9.71 Å². The summed E-state index contributed by atoms with van der Waals surface area (Å²) < 4.78 is 25.6. The van der Waals surface area contributed by atoms with Crippen molar-refractivity contribution in [3.05, 3.63) is 72.1 Å². The van der Waals surface area contributed by atoms with Gasteiger partial charge < -0.3 is 0 Å². The minimum absolute atomic E-state index is 0.0371. The minimum Gasteiger partial charge on any atom is -0.269 e. The molecular formula is C20H20N4O2S. The van der Waals surface area contributed by atoms with Crippen molar-refractivity contribution in [3.63, 3.8) is 0 Å². The first kappa shape index (κ1) is 17.8. The molecule has 2 heterocycles. The quantitative estimate of drug-likeness (QED) is 0.631. The van der Waals surface area contributed by atoms with Crippen LogP contribution in [0.25, 0.3) is 10.8 Å². The maximum absolute atomic E-state index is 10.5. The van der Waals surface area contributed by atoms with Gasteiger partial charge in [-0.25, -0.2) is 4.98 Å². The van der Waals surface area contributed by atoms with E-state index in [0.29, 0.717) is 12.2 Å². The van der Waals surface area contributed by atoms with Gasteiger partial charge in [0.15, 0.2) is 0 Å². The molecule has 3 N–H and O–H groups in total. The maximum atomic E-state index is 10.5. The van der Waals surface area contributed by atoms with Crippen molar-refractivity contribution in [3.8, 4) is 6.07 Å². The Morgan fingerprint density at radius 2 is 2.00 bits per heavy atom. The zero-order chi connectivity index (χ0) is 18.9. The van der Waals surface area contributed by atoms with Crippen LogP contribution in [0.1, 0.15) is 17.7 Å². The highest BCUT2D eigenvalue weighted by Gasteiger charge is 2.37. The number of pyridine rings is 1. The highest BCUT2D eigenvalue weighted by atomic mass is 32.3. The van der Waals surface area contributed by atoms with Crippen LogP contribution in [0.4, 0.5) is 5.69 Å². The highest BCUT2D eigenvalue weighted by molar-refractivity contribution is 8.24. The van der Waals surface area contributed by atoms with Crippen molar-refractivity contribution in [2.24, 2.45) is 0 Å². The normalized spacial score (nSPS) is 19.7. The summed E-state index contributed by atoms with van der Waals surface area (Å²) >= 11 is 0. The Morgan fingerprint density at radius 3 is 2.78 bits per heavy atom. The fourth-order valence-corrected chi connectivity index (χ4v) is 5.07. The molecule has 0 saturated carbocycles. The van der Waals surface area contributed by atoms with Gasteiger partial charge in [-0.1, -0.05) is 41.3 Å². The second-order valence-electron chi connectivity index (χ2n) is 6.55.